The van der Waals surface area contributed by atoms with Gasteiger partial charge in [0.2, 0.25) is 0 Å². The molecule has 10 heteroatoms. The maximum atomic E-state index is 13.0. The number of nitrogens with two attached hydrogens (primary N) is 1. The second-order valence-electron chi connectivity index (χ2n) is 6.51. The fraction of sp³-hybridized carbons (Fsp3) is 0.368. The molecule has 9 nitrogen and oxygen atoms in total. The number of hydrogen-bond acceptors (Lipinski definition) is 5. The fourth-order valence-electron chi connectivity index (χ4n) is 3.08. The first-order valence-electron chi connectivity index (χ1n) is 9.07. The molecule has 5 N–H and O–H groups in total. The Morgan fingerprint density at radius 2 is 1.93 bits per heavy atom. The van der Waals surface area contributed by atoms with E-state index in [1.807, 2.05) is 5.32 Å². The van der Waals surface area contributed by atoms with E-state index in [0.717, 1.165) is 25.7 Å². The Balaban J connectivity index is 0.000000537. The van der Waals surface area contributed by atoms with E-state index in [2.05, 4.69) is 16.5 Å². The molecule has 2 atom stereocenters. The Bertz CT molecular complexity index is 890. The molecule has 1 fully saturated rings. The highest BCUT2D eigenvalue weighted by Gasteiger charge is 2.28. The Kier molecular flexibility index (Phi) is 7.54. The summed E-state index contributed by atoms with van der Waals surface area (Å²) >= 11 is 0. The smallest absolute Gasteiger partial charge is 0.404 e. The number of primary amides is 1. The Labute approximate surface area is 167 Å². The molecule has 0 aliphatic heterocycles. The number of nitrogens with one attached hydrogen (secondary N) is 2. The van der Waals surface area contributed by atoms with Gasteiger partial charge in [0.05, 0.1) is 18.0 Å². The normalized spacial score (nSPS) is 18.0. The summed E-state index contributed by atoms with van der Waals surface area (Å²) in [4.78, 5) is 21.0. The van der Waals surface area contributed by atoms with Gasteiger partial charge in [0, 0.05) is 18.9 Å². The summed E-state index contributed by atoms with van der Waals surface area (Å²) in [6.45, 7) is 0. The van der Waals surface area contributed by atoms with Crippen LogP contribution in [0.25, 0.3) is 0 Å². The number of carbonyl (C=O) groups is 2. The van der Waals surface area contributed by atoms with Gasteiger partial charge in [-0.2, -0.15) is 10.4 Å². The van der Waals surface area contributed by atoms with Gasteiger partial charge in [0.25, 0.3) is 5.91 Å². The number of nitriles is 1. The highest BCUT2D eigenvalue weighted by atomic mass is 19.1. The number of amides is 2. The number of benzene rings is 1. The van der Waals surface area contributed by atoms with Crippen LogP contribution in [-0.4, -0.2) is 33.9 Å². The summed E-state index contributed by atoms with van der Waals surface area (Å²) in [6, 6.07) is 8.00. The van der Waals surface area contributed by atoms with Gasteiger partial charge < -0.3 is 21.5 Å². The van der Waals surface area contributed by atoms with E-state index in [9.17, 15) is 19.2 Å². The van der Waals surface area contributed by atoms with E-state index in [0.29, 0.717) is 11.5 Å². The third-order valence-corrected chi connectivity index (χ3v) is 4.55. The van der Waals surface area contributed by atoms with Gasteiger partial charge in [-0.15, -0.1) is 0 Å². The van der Waals surface area contributed by atoms with Gasteiger partial charge >= 0.3 is 6.09 Å². The average Bonchev–Trinajstić information content (AvgIpc) is 3.14. The van der Waals surface area contributed by atoms with E-state index in [1.165, 1.54) is 19.2 Å². The van der Waals surface area contributed by atoms with Crippen molar-refractivity contribution in [2.24, 2.45) is 11.7 Å². The molecule has 3 rings (SSSR count). The first-order chi connectivity index (χ1) is 13.8. The minimum absolute atomic E-state index is 0.0642. The van der Waals surface area contributed by atoms with Crippen molar-refractivity contribution in [3.05, 3.63) is 41.8 Å². The molecular weight excluding hydrogens is 379 g/mol. The molecule has 0 bridgehead atoms. The van der Waals surface area contributed by atoms with Crippen molar-refractivity contribution in [3.8, 4) is 6.07 Å². The minimum Gasteiger partial charge on any atom is -0.465 e. The molecule has 0 saturated heterocycles. The van der Waals surface area contributed by atoms with Crippen molar-refractivity contribution in [1.29, 1.82) is 5.26 Å². The van der Waals surface area contributed by atoms with Crippen LogP contribution in [0, 0.1) is 23.1 Å². The third kappa shape index (κ3) is 5.93. The van der Waals surface area contributed by atoms with E-state index in [1.54, 1.807) is 23.0 Å². The van der Waals surface area contributed by atoms with Crippen molar-refractivity contribution >= 4 is 23.5 Å². The number of hydrogen-bond donors (Lipinski definition) is 4. The predicted molar refractivity (Wildman–Crippen MR) is 104 cm³/mol. The first-order valence-corrected chi connectivity index (χ1v) is 9.07. The average molecular weight is 402 g/mol. The predicted octanol–water partition coefficient (Wildman–Crippen LogP) is 3.00. The molecule has 1 heterocycles. The van der Waals surface area contributed by atoms with Crippen LogP contribution in [0.15, 0.2) is 30.5 Å². The highest BCUT2D eigenvalue weighted by Crippen LogP contribution is 2.34. The summed E-state index contributed by atoms with van der Waals surface area (Å²) in [6.07, 6.45) is 4.32. The SMILES string of the molecule is CNC(=O)O.N#CC1CCCC[C@@H]1n1cc(C(N)=O)c(Nc2ccc(F)cc2)n1. The molecule has 1 aliphatic rings. The fourth-order valence-corrected chi connectivity index (χ4v) is 3.08. The number of rotatable bonds is 4. The first kappa shape index (κ1) is 21.7. The van der Waals surface area contributed by atoms with Crippen molar-refractivity contribution in [3.63, 3.8) is 0 Å². The molecular formula is C19H23FN6O3. The lowest BCUT2D eigenvalue weighted by Gasteiger charge is -2.26. The number of halogens is 1. The number of anilines is 2. The zero-order valence-corrected chi connectivity index (χ0v) is 15.9. The summed E-state index contributed by atoms with van der Waals surface area (Å²) in [7, 11) is 1.35. The van der Waals surface area contributed by atoms with Gasteiger partial charge in [0.15, 0.2) is 5.82 Å². The molecule has 2 amide bonds. The number of carbonyl (C=O) groups excluding carboxylic acids is 1. The Hall–Kier alpha value is -3.61. The standard InChI is InChI=1S/C17H18FN5O.C2H5NO2/c18-12-5-7-13(8-6-12)21-17-14(16(20)24)10-23(22-17)15-4-2-1-3-11(15)9-19;1-3-2(4)5/h5-8,10-11,15H,1-4H2,(H2,20,24)(H,21,22);3H,1H3,(H,4,5)/t11?,15-;/m0./s1. The largest absolute Gasteiger partial charge is 0.465 e. The van der Waals surface area contributed by atoms with Gasteiger partial charge in [-0.3, -0.25) is 9.48 Å². The number of carboxylic acid groups (broad SMARTS) is 1. The van der Waals surface area contributed by atoms with Crippen LogP contribution >= 0.6 is 0 Å². The molecule has 1 aromatic heterocycles. The minimum atomic E-state index is -0.995. The third-order valence-electron chi connectivity index (χ3n) is 4.55. The van der Waals surface area contributed by atoms with Crippen molar-refractivity contribution < 1.29 is 19.1 Å². The maximum absolute atomic E-state index is 13.0. The summed E-state index contributed by atoms with van der Waals surface area (Å²) < 4.78 is 14.7. The van der Waals surface area contributed by atoms with Gasteiger partial charge in [-0.1, -0.05) is 12.8 Å². The number of nitrogens with zero attached hydrogens (tertiary/aromatic N) is 3. The highest BCUT2D eigenvalue weighted by molar-refractivity contribution is 5.98. The van der Waals surface area contributed by atoms with E-state index in [4.69, 9.17) is 10.8 Å². The quantitative estimate of drug-likeness (QED) is 0.618. The molecule has 0 radical (unpaired) electrons. The molecule has 0 spiro atoms. The van der Waals surface area contributed by atoms with Crippen molar-refractivity contribution in [2.75, 3.05) is 12.4 Å². The Morgan fingerprint density at radius 3 is 2.48 bits per heavy atom. The second-order valence-corrected chi connectivity index (χ2v) is 6.51. The van der Waals surface area contributed by atoms with E-state index in [-0.39, 0.29) is 23.3 Å². The molecule has 1 aliphatic carbocycles. The van der Waals surface area contributed by atoms with Gasteiger partial charge in [-0.25, -0.2) is 9.18 Å². The molecule has 2 aromatic rings. The van der Waals surface area contributed by atoms with Crippen molar-refractivity contribution in [2.45, 2.75) is 31.7 Å². The van der Waals surface area contributed by atoms with Crippen LogP contribution < -0.4 is 16.4 Å². The second kappa shape index (κ2) is 10.1. The van der Waals surface area contributed by atoms with Crippen LogP contribution in [0.2, 0.25) is 0 Å². The maximum Gasteiger partial charge on any atom is 0.404 e. The monoisotopic (exact) mass is 402 g/mol. The molecule has 1 aromatic carbocycles. The van der Waals surface area contributed by atoms with Crippen molar-refractivity contribution in [1.82, 2.24) is 15.1 Å². The lowest BCUT2D eigenvalue weighted by Crippen LogP contribution is -2.22. The lowest BCUT2D eigenvalue weighted by atomic mass is 9.85. The summed E-state index contributed by atoms with van der Waals surface area (Å²) in [5.41, 5.74) is 6.30. The Morgan fingerprint density at radius 1 is 1.31 bits per heavy atom. The number of aromatic nitrogens is 2. The molecule has 154 valence electrons. The van der Waals surface area contributed by atoms with E-state index >= 15 is 0 Å². The van der Waals surface area contributed by atoms with Crippen LogP contribution in [-0.2, 0) is 0 Å². The van der Waals surface area contributed by atoms with Gasteiger partial charge in [0.1, 0.15) is 11.4 Å². The van der Waals surface area contributed by atoms with E-state index < -0.39 is 12.0 Å². The molecule has 1 unspecified atom stereocenters. The van der Waals surface area contributed by atoms with Gasteiger partial charge in [-0.05, 0) is 37.1 Å². The zero-order valence-electron chi connectivity index (χ0n) is 15.9. The summed E-state index contributed by atoms with van der Waals surface area (Å²) in [5, 5.41) is 26.3. The topological polar surface area (TPSA) is 146 Å². The summed E-state index contributed by atoms with van der Waals surface area (Å²) in [5.74, 6) is -0.759. The lowest BCUT2D eigenvalue weighted by molar-refractivity contribution is 0.100. The molecule has 1 saturated carbocycles. The van der Waals surface area contributed by atoms with Crippen LogP contribution in [0.5, 0.6) is 0 Å². The molecule has 29 heavy (non-hydrogen) atoms. The van der Waals surface area contributed by atoms with Crippen LogP contribution in [0.1, 0.15) is 42.1 Å². The van der Waals surface area contributed by atoms with Crippen LogP contribution in [0.4, 0.5) is 20.7 Å². The van der Waals surface area contributed by atoms with Crippen LogP contribution in [0.3, 0.4) is 0 Å². The zero-order chi connectivity index (χ0) is 21.4.